The van der Waals surface area contributed by atoms with E-state index in [4.69, 9.17) is 9.47 Å². The van der Waals surface area contributed by atoms with E-state index >= 15 is 0 Å². The second kappa shape index (κ2) is 8.85. The second-order valence-electron chi connectivity index (χ2n) is 6.95. The Morgan fingerprint density at radius 1 is 1.07 bits per heavy atom. The number of anilines is 1. The van der Waals surface area contributed by atoms with Crippen molar-refractivity contribution in [3.05, 3.63) is 36.0 Å². The van der Waals surface area contributed by atoms with Crippen LogP contribution in [0.1, 0.15) is 10.4 Å². The number of amides is 2. The fraction of sp³-hybridized carbons (Fsp3) is 0.450. The van der Waals surface area contributed by atoms with Crippen molar-refractivity contribution >= 4 is 17.5 Å². The number of hydrogen-bond acceptors (Lipinski definition) is 6. The van der Waals surface area contributed by atoms with Gasteiger partial charge in [0.15, 0.2) is 0 Å². The molecule has 2 amide bonds. The lowest BCUT2D eigenvalue weighted by molar-refractivity contribution is -0.131. The first-order chi connectivity index (χ1) is 13.9. The number of ether oxygens (including phenoxy) is 2. The number of methoxy groups -OCH3 is 2. The average molecular weight is 401 g/mol. The van der Waals surface area contributed by atoms with Gasteiger partial charge in [0.2, 0.25) is 11.8 Å². The fourth-order valence-corrected chi connectivity index (χ4v) is 3.35. The van der Waals surface area contributed by atoms with E-state index in [0.29, 0.717) is 18.7 Å². The summed E-state index contributed by atoms with van der Waals surface area (Å²) in [5.74, 6) is 0.712. The van der Waals surface area contributed by atoms with Crippen LogP contribution in [0.4, 0.5) is 5.69 Å². The highest BCUT2D eigenvalue weighted by Crippen LogP contribution is 2.21. The van der Waals surface area contributed by atoms with Crippen LogP contribution < -0.4 is 14.4 Å². The minimum atomic E-state index is -0.292. The molecule has 9 heteroatoms. The maximum atomic E-state index is 12.7. The molecule has 156 valence electrons. The summed E-state index contributed by atoms with van der Waals surface area (Å²) in [7, 11) is 6.44. The van der Waals surface area contributed by atoms with Crippen molar-refractivity contribution in [1.82, 2.24) is 19.6 Å². The molecule has 0 spiro atoms. The van der Waals surface area contributed by atoms with Crippen molar-refractivity contribution in [1.29, 1.82) is 0 Å². The van der Waals surface area contributed by atoms with E-state index in [2.05, 4.69) is 10.00 Å². The monoisotopic (exact) mass is 401 g/mol. The Kier molecular flexibility index (Phi) is 6.26. The van der Waals surface area contributed by atoms with Crippen LogP contribution in [0.2, 0.25) is 0 Å². The van der Waals surface area contributed by atoms with Crippen LogP contribution in [-0.2, 0) is 11.8 Å². The summed E-state index contributed by atoms with van der Waals surface area (Å²) in [6, 6.07) is 7.90. The van der Waals surface area contributed by atoms with Crippen LogP contribution in [0.15, 0.2) is 30.5 Å². The van der Waals surface area contributed by atoms with E-state index in [9.17, 15) is 9.59 Å². The normalized spacial score (nSPS) is 13.9. The van der Waals surface area contributed by atoms with Gasteiger partial charge in [-0.3, -0.25) is 14.3 Å². The lowest BCUT2D eigenvalue weighted by atomic mass is 10.2. The third kappa shape index (κ3) is 4.61. The molecule has 1 saturated heterocycles. The Morgan fingerprint density at radius 3 is 2.31 bits per heavy atom. The average Bonchev–Trinajstić information content (AvgIpc) is 3.14. The predicted molar refractivity (Wildman–Crippen MR) is 109 cm³/mol. The molecule has 29 heavy (non-hydrogen) atoms. The third-order valence-electron chi connectivity index (χ3n) is 5.01. The number of benzene rings is 1. The van der Waals surface area contributed by atoms with Crippen LogP contribution in [0.5, 0.6) is 11.6 Å². The van der Waals surface area contributed by atoms with Gasteiger partial charge < -0.3 is 24.2 Å². The Morgan fingerprint density at radius 2 is 1.72 bits per heavy atom. The van der Waals surface area contributed by atoms with Crippen LogP contribution >= 0.6 is 0 Å². The topological polar surface area (TPSA) is 80.1 Å². The molecular formula is C20H27N5O4. The van der Waals surface area contributed by atoms with Crippen molar-refractivity contribution in [3.63, 3.8) is 0 Å². The third-order valence-corrected chi connectivity index (χ3v) is 5.01. The minimum Gasteiger partial charge on any atom is -0.497 e. The van der Waals surface area contributed by atoms with Crippen molar-refractivity contribution in [2.45, 2.75) is 0 Å². The molecule has 0 atom stereocenters. The standard InChI is InChI=1S/C20H27N5O4/c1-22(20(27)17-13-23(2)21-19(17)29-4)14-18(26)25-11-9-24(10-12-25)15-5-7-16(28-3)8-6-15/h5-8,13H,9-12,14H2,1-4H3. The first-order valence-corrected chi connectivity index (χ1v) is 9.42. The number of aromatic nitrogens is 2. The molecule has 1 aromatic carbocycles. The van der Waals surface area contributed by atoms with Crippen LogP contribution in [0, 0.1) is 0 Å². The van der Waals surface area contributed by atoms with E-state index in [0.717, 1.165) is 24.5 Å². The minimum absolute atomic E-state index is 0.0133. The lowest BCUT2D eigenvalue weighted by Gasteiger charge is -2.36. The Bertz CT molecular complexity index is 856. The molecule has 0 radical (unpaired) electrons. The summed E-state index contributed by atoms with van der Waals surface area (Å²) in [4.78, 5) is 30.8. The van der Waals surface area contributed by atoms with Gasteiger partial charge in [-0.15, -0.1) is 5.10 Å². The van der Waals surface area contributed by atoms with E-state index in [1.807, 2.05) is 24.3 Å². The van der Waals surface area contributed by atoms with Gasteiger partial charge in [-0.2, -0.15) is 0 Å². The summed E-state index contributed by atoms with van der Waals surface area (Å²) in [6.45, 7) is 2.73. The maximum absolute atomic E-state index is 12.7. The van der Waals surface area contributed by atoms with E-state index in [1.54, 1.807) is 32.3 Å². The smallest absolute Gasteiger partial charge is 0.261 e. The zero-order valence-corrected chi connectivity index (χ0v) is 17.3. The van der Waals surface area contributed by atoms with Crippen LogP contribution in [0.25, 0.3) is 0 Å². The Labute approximate surface area is 170 Å². The van der Waals surface area contributed by atoms with Crippen molar-refractivity contribution < 1.29 is 19.1 Å². The number of rotatable bonds is 6. The number of hydrogen-bond donors (Lipinski definition) is 0. The first kappa shape index (κ1) is 20.5. The van der Waals surface area contributed by atoms with E-state index in [-0.39, 0.29) is 24.2 Å². The van der Waals surface area contributed by atoms with Gasteiger partial charge in [-0.25, -0.2) is 0 Å². The summed E-state index contributed by atoms with van der Waals surface area (Å²) in [5, 5.41) is 4.09. The maximum Gasteiger partial charge on any atom is 0.261 e. The molecule has 2 heterocycles. The molecule has 0 unspecified atom stereocenters. The summed E-state index contributed by atoms with van der Waals surface area (Å²) < 4.78 is 11.8. The first-order valence-electron chi connectivity index (χ1n) is 9.42. The van der Waals surface area contributed by atoms with Gasteiger partial charge >= 0.3 is 0 Å². The molecule has 3 rings (SSSR count). The second-order valence-corrected chi connectivity index (χ2v) is 6.95. The molecule has 1 aliphatic rings. The van der Waals surface area contributed by atoms with Gasteiger partial charge in [0, 0.05) is 52.2 Å². The molecule has 1 fully saturated rings. The number of likely N-dealkylation sites (N-methyl/N-ethyl adjacent to an activating group) is 1. The van der Waals surface area contributed by atoms with Gasteiger partial charge in [0.1, 0.15) is 11.3 Å². The SMILES string of the molecule is COc1ccc(N2CCN(C(=O)CN(C)C(=O)c3cn(C)nc3OC)CC2)cc1. The van der Waals surface area contributed by atoms with Gasteiger partial charge in [-0.05, 0) is 24.3 Å². The van der Waals surface area contributed by atoms with E-state index < -0.39 is 0 Å². The molecule has 0 saturated carbocycles. The van der Waals surface area contributed by atoms with Gasteiger partial charge in [0.25, 0.3) is 5.91 Å². The highest BCUT2D eigenvalue weighted by atomic mass is 16.5. The Balaban J connectivity index is 1.54. The van der Waals surface area contributed by atoms with E-state index in [1.165, 1.54) is 16.7 Å². The van der Waals surface area contributed by atoms with Crippen molar-refractivity contribution in [2.75, 3.05) is 58.9 Å². The predicted octanol–water partition coefficient (Wildman–Crippen LogP) is 0.858. The van der Waals surface area contributed by atoms with Crippen molar-refractivity contribution in [3.8, 4) is 11.6 Å². The zero-order valence-electron chi connectivity index (χ0n) is 17.3. The molecule has 0 aliphatic carbocycles. The molecular weight excluding hydrogens is 374 g/mol. The van der Waals surface area contributed by atoms with Crippen LogP contribution in [-0.4, -0.2) is 85.4 Å². The summed E-state index contributed by atoms with van der Waals surface area (Å²) in [5.41, 5.74) is 1.45. The number of aryl methyl sites for hydroxylation is 1. The Hall–Kier alpha value is -3.23. The number of carbonyl (C=O) groups excluding carboxylic acids is 2. The molecule has 0 bridgehead atoms. The highest BCUT2D eigenvalue weighted by molar-refractivity contribution is 5.98. The molecule has 9 nitrogen and oxygen atoms in total. The quantitative estimate of drug-likeness (QED) is 0.714. The number of carbonyl (C=O) groups is 2. The van der Waals surface area contributed by atoms with Gasteiger partial charge in [-0.1, -0.05) is 0 Å². The molecule has 1 aromatic heterocycles. The number of piperazine rings is 1. The highest BCUT2D eigenvalue weighted by Gasteiger charge is 2.26. The van der Waals surface area contributed by atoms with Gasteiger partial charge in [0.05, 0.1) is 20.8 Å². The van der Waals surface area contributed by atoms with Crippen molar-refractivity contribution in [2.24, 2.45) is 7.05 Å². The summed E-state index contributed by atoms with van der Waals surface area (Å²) in [6.07, 6.45) is 1.59. The fourth-order valence-electron chi connectivity index (χ4n) is 3.35. The zero-order chi connectivity index (χ0) is 21.0. The number of nitrogens with zero attached hydrogens (tertiary/aromatic N) is 5. The largest absolute Gasteiger partial charge is 0.497 e. The summed E-state index contributed by atoms with van der Waals surface area (Å²) >= 11 is 0. The molecule has 2 aromatic rings. The molecule has 0 N–H and O–H groups in total. The van der Waals surface area contributed by atoms with Crippen LogP contribution in [0.3, 0.4) is 0 Å². The lowest BCUT2D eigenvalue weighted by Crippen LogP contribution is -2.51. The molecule has 1 aliphatic heterocycles.